The van der Waals surface area contributed by atoms with Gasteiger partial charge in [0.2, 0.25) is 5.91 Å². The number of anilines is 2. The van der Waals surface area contributed by atoms with Crippen molar-refractivity contribution in [3.05, 3.63) is 60.2 Å². The molecule has 2 rings (SSSR count). The lowest BCUT2D eigenvalue weighted by atomic mass is 10.2. The second-order valence-electron chi connectivity index (χ2n) is 5.34. The lowest BCUT2D eigenvalue weighted by Gasteiger charge is -2.23. The Hall–Kier alpha value is -3.02. The molecule has 3 N–H and O–H groups in total. The van der Waals surface area contributed by atoms with Gasteiger partial charge in [-0.15, -0.1) is 0 Å². The van der Waals surface area contributed by atoms with Gasteiger partial charge in [0.15, 0.2) is 0 Å². The second-order valence-corrected chi connectivity index (χ2v) is 5.34. The summed E-state index contributed by atoms with van der Waals surface area (Å²) in [6.07, 6.45) is 0. The van der Waals surface area contributed by atoms with Crippen molar-refractivity contribution in [2.45, 2.75) is 6.54 Å². The third-order valence-electron chi connectivity index (χ3n) is 3.50. The number of amides is 3. The average Bonchev–Trinajstić information content (AvgIpc) is 2.61. The molecule has 0 spiro atoms. The Labute approximate surface area is 141 Å². The fourth-order valence-corrected chi connectivity index (χ4v) is 2.31. The van der Waals surface area contributed by atoms with Gasteiger partial charge in [0, 0.05) is 20.6 Å². The van der Waals surface area contributed by atoms with Crippen LogP contribution in [0.25, 0.3) is 0 Å². The van der Waals surface area contributed by atoms with Gasteiger partial charge in [-0.1, -0.05) is 42.5 Å². The molecule has 0 saturated heterocycles. The third kappa shape index (κ3) is 5.01. The van der Waals surface area contributed by atoms with E-state index in [9.17, 15) is 9.59 Å². The predicted molar refractivity (Wildman–Crippen MR) is 96.1 cm³/mol. The molecule has 6 heteroatoms. The van der Waals surface area contributed by atoms with Crippen LogP contribution in [0.3, 0.4) is 0 Å². The topological polar surface area (TPSA) is 73.5 Å². The lowest BCUT2D eigenvalue weighted by Crippen LogP contribution is -2.40. The van der Waals surface area contributed by atoms with Gasteiger partial charge in [0.25, 0.3) is 0 Å². The predicted octanol–water partition coefficient (Wildman–Crippen LogP) is 2.19. The molecule has 0 bridgehead atoms. The number of rotatable bonds is 6. The van der Waals surface area contributed by atoms with Gasteiger partial charge in [0.1, 0.15) is 0 Å². The van der Waals surface area contributed by atoms with E-state index in [0.717, 1.165) is 17.9 Å². The highest BCUT2D eigenvalue weighted by molar-refractivity contribution is 5.96. The van der Waals surface area contributed by atoms with E-state index in [0.29, 0.717) is 0 Å². The van der Waals surface area contributed by atoms with E-state index in [-0.39, 0.29) is 6.54 Å². The molecule has 6 nitrogen and oxygen atoms in total. The number of carbonyl (C=O) groups is 2. The first-order valence-corrected chi connectivity index (χ1v) is 7.69. The summed E-state index contributed by atoms with van der Waals surface area (Å²) >= 11 is 0. The Morgan fingerprint density at radius 3 is 2.38 bits per heavy atom. The molecule has 2 aromatic rings. The maximum absolute atomic E-state index is 11.7. The first-order valence-electron chi connectivity index (χ1n) is 7.69. The molecule has 0 aliphatic carbocycles. The smallest absolute Gasteiger partial charge is 0.321 e. The summed E-state index contributed by atoms with van der Waals surface area (Å²) in [5.41, 5.74) is 3.02. The van der Waals surface area contributed by atoms with Crippen LogP contribution >= 0.6 is 0 Å². The molecular formula is C18H22N4O2. The Balaban J connectivity index is 2.01. The van der Waals surface area contributed by atoms with Gasteiger partial charge in [-0.05, 0) is 17.7 Å². The Morgan fingerprint density at radius 1 is 1.00 bits per heavy atom. The maximum Gasteiger partial charge on any atom is 0.321 e. The molecule has 0 unspecified atom stereocenters. The van der Waals surface area contributed by atoms with Gasteiger partial charge in [-0.3, -0.25) is 10.1 Å². The van der Waals surface area contributed by atoms with Crippen LogP contribution in [0.15, 0.2) is 54.6 Å². The minimum atomic E-state index is -0.517. The minimum Gasteiger partial charge on any atom is -0.374 e. The van der Waals surface area contributed by atoms with Crippen molar-refractivity contribution in [1.82, 2.24) is 10.6 Å². The normalized spacial score (nSPS) is 9.92. The van der Waals surface area contributed by atoms with E-state index in [2.05, 4.69) is 33.0 Å². The van der Waals surface area contributed by atoms with Crippen LogP contribution in [-0.2, 0) is 11.3 Å². The van der Waals surface area contributed by atoms with Gasteiger partial charge in [-0.2, -0.15) is 0 Å². The largest absolute Gasteiger partial charge is 0.374 e. The van der Waals surface area contributed by atoms with Crippen LogP contribution in [0.5, 0.6) is 0 Å². The van der Waals surface area contributed by atoms with Crippen molar-refractivity contribution in [1.29, 1.82) is 0 Å². The van der Waals surface area contributed by atoms with E-state index in [1.165, 1.54) is 12.6 Å². The van der Waals surface area contributed by atoms with E-state index in [1.54, 1.807) is 0 Å². The van der Waals surface area contributed by atoms with Crippen molar-refractivity contribution < 1.29 is 9.59 Å². The highest BCUT2D eigenvalue weighted by Gasteiger charge is 2.10. The first kappa shape index (κ1) is 17.3. The van der Waals surface area contributed by atoms with Gasteiger partial charge in [0.05, 0.1) is 17.9 Å². The number of hydrogen-bond donors (Lipinski definition) is 3. The number of para-hydroxylation sites is 2. The highest BCUT2D eigenvalue weighted by Crippen LogP contribution is 2.25. The van der Waals surface area contributed by atoms with Crippen LogP contribution in [0, 0.1) is 0 Å². The summed E-state index contributed by atoms with van der Waals surface area (Å²) in [5, 5.41) is 7.64. The summed E-state index contributed by atoms with van der Waals surface area (Å²) < 4.78 is 0. The Bertz CT molecular complexity index is 688. The summed E-state index contributed by atoms with van der Waals surface area (Å²) in [7, 11) is 3.46. The van der Waals surface area contributed by atoms with Gasteiger partial charge in [-0.25, -0.2) is 4.79 Å². The zero-order valence-electron chi connectivity index (χ0n) is 13.9. The number of hydrogen-bond acceptors (Lipinski definition) is 4. The SMILES string of the molecule is CNC(=O)NC(=O)CNc1ccccc1N(C)Cc1ccccc1. The highest BCUT2D eigenvalue weighted by atomic mass is 16.2. The Kier molecular flexibility index (Phi) is 6.19. The van der Waals surface area contributed by atoms with Gasteiger partial charge < -0.3 is 15.5 Å². The molecule has 24 heavy (non-hydrogen) atoms. The molecular weight excluding hydrogens is 304 g/mol. The summed E-state index contributed by atoms with van der Waals surface area (Å²) in [5.74, 6) is -0.394. The molecule has 0 radical (unpaired) electrons. The average molecular weight is 326 g/mol. The third-order valence-corrected chi connectivity index (χ3v) is 3.50. The maximum atomic E-state index is 11.7. The number of urea groups is 1. The van der Waals surface area contributed by atoms with Crippen molar-refractivity contribution in [2.75, 3.05) is 30.9 Å². The molecule has 0 atom stereocenters. The van der Waals surface area contributed by atoms with Crippen LogP contribution < -0.4 is 20.9 Å². The van der Waals surface area contributed by atoms with Crippen molar-refractivity contribution >= 4 is 23.3 Å². The molecule has 0 fully saturated rings. The summed E-state index contributed by atoms with van der Waals surface area (Å²) in [4.78, 5) is 24.9. The van der Waals surface area contributed by atoms with Crippen LogP contribution in [0.4, 0.5) is 16.2 Å². The fourth-order valence-electron chi connectivity index (χ4n) is 2.31. The second kappa shape index (κ2) is 8.57. The molecule has 0 saturated carbocycles. The van der Waals surface area contributed by atoms with E-state index < -0.39 is 11.9 Å². The number of imide groups is 1. The van der Waals surface area contributed by atoms with Crippen LogP contribution in [0.1, 0.15) is 5.56 Å². The zero-order valence-corrected chi connectivity index (χ0v) is 13.9. The van der Waals surface area contributed by atoms with Crippen molar-refractivity contribution in [2.24, 2.45) is 0 Å². The van der Waals surface area contributed by atoms with E-state index >= 15 is 0 Å². The summed E-state index contributed by atoms with van der Waals surface area (Å²) in [6, 6.07) is 17.4. The summed E-state index contributed by atoms with van der Waals surface area (Å²) in [6.45, 7) is 0.771. The number of nitrogens with zero attached hydrogens (tertiary/aromatic N) is 1. The Morgan fingerprint density at radius 2 is 1.67 bits per heavy atom. The molecule has 0 aromatic heterocycles. The molecule has 2 aromatic carbocycles. The standard InChI is InChI=1S/C18H22N4O2/c1-19-18(24)21-17(23)12-20-15-10-6-7-11-16(15)22(2)13-14-8-4-3-5-9-14/h3-11,20H,12-13H2,1-2H3,(H2,19,21,23,24). The zero-order chi connectivity index (χ0) is 17.4. The van der Waals surface area contributed by atoms with Crippen molar-refractivity contribution in [3.8, 4) is 0 Å². The quantitative estimate of drug-likeness (QED) is 0.761. The van der Waals surface area contributed by atoms with Crippen LogP contribution in [-0.4, -0.2) is 32.6 Å². The number of benzene rings is 2. The first-order chi connectivity index (χ1) is 11.6. The minimum absolute atomic E-state index is 0.0175. The van der Waals surface area contributed by atoms with E-state index in [4.69, 9.17) is 0 Å². The van der Waals surface area contributed by atoms with Crippen molar-refractivity contribution in [3.63, 3.8) is 0 Å². The lowest BCUT2D eigenvalue weighted by molar-refractivity contribution is -0.118. The molecule has 0 aliphatic rings. The molecule has 0 heterocycles. The molecule has 0 aliphatic heterocycles. The fraction of sp³-hybridized carbons (Fsp3) is 0.222. The number of nitrogens with one attached hydrogen (secondary N) is 3. The number of carbonyl (C=O) groups excluding carboxylic acids is 2. The monoisotopic (exact) mass is 326 g/mol. The molecule has 3 amide bonds. The van der Waals surface area contributed by atoms with Crippen LogP contribution in [0.2, 0.25) is 0 Å². The van der Waals surface area contributed by atoms with E-state index in [1.807, 2.05) is 49.5 Å². The molecule has 126 valence electrons. The van der Waals surface area contributed by atoms with Gasteiger partial charge >= 0.3 is 6.03 Å².